The van der Waals surface area contributed by atoms with Crippen LogP contribution in [-0.4, -0.2) is 42.0 Å². The summed E-state index contributed by atoms with van der Waals surface area (Å²) in [7, 11) is -3.95. The summed E-state index contributed by atoms with van der Waals surface area (Å²) < 4.78 is 26.5. The molecule has 0 N–H and O–H groups in total. The quantitative estimate of drug-likeness (QED) is 0.562. The number of nitro groups is 1. The van der Waals surface area contributed by atoms with E-state index in [0.29, 0.717) is 37.1 Å². The van der Waals surface area contributed by atoms with Crippen LogP contribution in [0.25, 0.3) is 0 Å². The van der Waals surface area contributed by atoms with E-state index in [1.807, 2.05) is 0 Å². The molecule has 0 atom stereocenters. The molecule has 0 spiro atoms. The Morgan fingerprint density at radius 3 is 2.59 bits per heavy atom. The molecule has 148 valence electrons. The summed E-state index contributed by atoms with van der Waals surface area (Å²) in [6.45, 7) is 0.340. The van der Waals surface area contributed by atoms with E-state index in [9.17, 15) is 28.1 Å². The fourth-order valence-corrected chi connectivity index (χ4v) is 5.76. The summed E-state index contributed by atoms with van der Waals surface area (Å²) >= 11 is 0. The van der Waals surface area contributed by atoms with Crippen LogP contribution in [0, 0.1) is 10.1 Å². The van der Waals surface area contributed by atoms with Crippen LogP contribution >= 0.6 is 0 Å². The van der Waals surface area contributed by atoms with Crippen molar-refractivity contribution in [1.82, 2.24) is 4.31 Å². The lowest BCUT2D eigenvalue weighted by Crippen LogP contribution is -2.32. The van der Waals surface area contributed by atoms with Crippen LogP contribution in [0.1, 0.15) is 39.1 Å². The average molecular weight is 413 g/mol. The predicted octanol–water partition coefficient (Wildman–Crippen LogP) is 2.10. The maximum absolute atomic E-state index is 13.0. The molecule has 0 unspecified atom stereocenters. The van der Waals surface area contributed by atoms with Crippen LogP contribution in [0.5, 0.6) is 0 Å². The van der Waals surface area contributed by atoms with Crippen molar-refractivity contribution in [2.24, 2.45) is 0 Å². The first-order valence-electron chi connectivity index (χ1n) is 9.11. The maximum atomic E-state index is 13.0. The van der Waals surface area contributed by atoms with Gasteiger partial charge in [-0.3, -0.25) is 19.7 Å². The lowest BCUT2D eigenvalue weighted by molar-refractivity contribution is -0.384. The van der Waals surface area contributed by atoms with E-state index in [1.54, 1.807) is 0 Å². The van der Waals surface area contributed by atoms with E-state index in [4.69, 9.17) is 0 Å². The summed E-state index contributed by atoms with van der Waals surface area (Å²) in [4.78, 5) is 37.3. The van der Waals surface area contributed by atoms with Gasteiger partial charge in [0.15, 0.2) is 0 Å². The number of amides is 2. The normalized spacial score (nSPS) is 19.2. The van der Waals surface area contributed by atoms with Gasteiger partial charge in [-0.15, -0.1) is 0 Å². The van der Waals surface area contributed by atoms with Crippen molar-refractivity contribution in [2.45, 2.75) is 30.2 Å². The number of nitro benzene ring substituents is 1. The molecule has 1 fully saturated rings. The summed E-state index contributed by atoms with van der Waals surface area (Å²) in [6, 6.07) is 8.12. The second-order valence-electron chi connectivity index (χ2n) is 7.33. The van der Waals surface area contributed by atoms with Crippen LogP contribution in [0.4, 0.5) is 11.4 Å². The van der Waals surface area contributed by atoms with Crippen LogP contribution in [-0.2, 0) is 16.4 Å². The molecule has 1 aliphatic carbocycles. The standard InChI is InChI=1S/C19H15N3O6S/c23-18(20-8-7-11-9-14(22(25)26)4-6-16(11)20)12-1-5-15-17(10-12)29(27,28)21(19(15)24)13-2-3-13/h1,4-6,9-10,13H,2-3,7-8H2. The number of fused-ring (bicyclic) bond motifs is 2. The number of carbonyl (C=O) groups is 2. The zero-order valence-electron chi connectivity index (χ0n) is 15.1. The Morgan fingerprint density at radius 1 is 1.14 bits per heavy atom. The molecule has 0 saturated heterocycles. The van der Waals surface area contributed by atoms with Crippen LogP contribution in [0.15, 0.2) is 41.3 Å². The molecule has 29 heavy (non-hydrogen) atoms. The molecule has 3 aliphatic rings. The predicted molar refractivity (Wildman–Crippen MR) is 101 cm³/mol. The molecule has 1 saturated carbocycles. The van der Waals surface area contributed by atoms with Gasteiger partial charge in [0.05, 0.1) is 10.5 Å². The highest BCUT2D eigenvalue weighted by molar-refractivity contribution is 7.90. The zero-order chi connectivity index (χ0) is 20.5. The lowest BCUT2D eigenvalue weighted by atomic mass is 10.1. The molecule has 0 aromatic heterocycles. The SMILES string of the molecule is O=C(c1ccc2c(c1)S(=O)(=O)N(C1CC1)C2=O)N1CCc2cc([N+](=O)[O-])ccc21. The van der Waals surface area contributed by atoms with Crippen molar-refractivity contribution in [1.29, 1.82) is 0 Å². The fourth-order valence-electron chi connectivity index (χ4n) is 3.92. The van der Waals surface area contributed by atoms with Crippen molar-refractivity contribution in [3.63, 3.8) is 0 Å². The highest BCUT2D eigenvalue weighted by Crippen LogP contribution is 2.40. The Labute approximate surface area is 165 Å². The molecule has 2 amide bonds. The molecule has 9 nitrogen and oxygen atoms in total. The first-order chi connectivity index (χ1) is 13.8. The number of hydrogen-bond acceptors (Lipinski definition) is 6. The molecule has 2 heterocycles. The van der Waals surface area contributed by atoms with Crippen molar-refractivity contribution < 1.29 is 22.9 Å². The van der Waals surface area contributed by atoms with Crippen LogP contribution in [0.2, 0.25) is 0 Å². The largest absolute Gasteiger partial charge is 0.308 e. The first kappa shape index (κ1) is 17.8. The van der Waals surface area contributed by atoms with E-state index in [-0.39, 0.29) is 27.8 Å². The minimum absolute atomic E-state index is 0.0413. The van der Waals surface area contributed by atoms with Gasteiger partial charge in [0.1, 0.15) is 4.90 Å². The average Bonchev–Trinajstić information content (AvgIpc) is 3.39. The second kappa shape index (κ2) is 5.86. The van der Waals surface area contributed by atoms with Gasteiger partial charge in [-0.1, -0.05) is 0 Å². The molecule has 5 rings (SSSR count). The van der Waals surface area contributed by atoms with E-state index in [1.165, 1.54) is 41.3 Å². The lowest BCUT2D eigenvalue weighted by Gasteiger charge is -2.17. The summed E-state index contributed by atoms with van der Waals surface area (Å²) in [6.07, 6.45) is 1.78. The highest BCUT2D eigenvalue weighted by atomic mass is 32.2. The van der Waals surface area contributed by atoms with Crippen LogP contribution < -0.4 is 4.90 Å². The Kier molecular flexibility index (Phi) is 3.60. The number of nitrogens with zero attached hydrogens (tertiary/aromatic N) is 3. The third-order valence-corrected chi connectivity index (χ3v) is 7.36. The van der Waals surface area contributed by atoms with E-state index in [0.717, 1.165) is 4.31 Å². The topological polar surface area (TPSA) is 118 Å². The van der Waals surface area contributed by atoms with Crippen molar-refractivity contribution >= 4 is 33.2 Å². The van der Waals surface area contributed by atoms with E-state index >= 15 is 0 Å². The minimum Gasteiger partial charge on any atom is -0.308 e. The molecule has 2 aliphatic heterocycles. The Hall–Kier alpha value is -3.27. The number of carbonyl (C=O) groups excluding carboxylic acids is 2. The van der Waals surface area contributed by atoms with Gasteiger partial charge in [-0.05, 0) is 49.1 Å². The maximum Gasteiger partial charge on any atom is 0.269 e. The van der Waals surface area contributed by atoms with Gasteiger partial charge in [0, 0.05) is 36.0 Å². The molecule has 10 heteroatoms. The number of non-ortho nitro benzene ring substituents is 1. The smallest absolute Gasteiger partial charge is 0.269 e. The van der Waals surface area contributed by atoms with Gasteiger partial charge in [0.25, 0.3) is 27.5 Å². The van der Waals surface area contributed by atoms with Gasteiger partial charge < -0.3 is 4.90 Å². The van der Waals surface area contributed by atoms with Crippen molar-refractivity contribution in [3.8, 4) is 0 Å². The fraction of sp³-hybridized carbons (Fsp3) is 0.263. The van der Waals surface area contributed by atoms with Gasteiger partial charge >= 0.3 is 0 Å². The number of hydrogen-bond donors (Lipinski definition) is 0. The number of sulfonamides is 1. The van der Waals surface area contributed by atoms with Gasteiger partial charge in [-0.25, -0.2) is 12.7 Å². The number of rotatable bonds is 3. The van der Waals surface area contributed by atoms with Gasteiger partial charge in [0.2, 0.25) is 0 Å². The molecule has 2 aromatic rings. The van der Waals surface area contributed by atoms with Gasteiger partial charge in [-0.2, -0.15) is 0 Å². The molecule has 0 radical (unpaired) electrons. The third-order valence-electron chi connectivity index (χ3n) is 5.49. The Morgan fingerprint density at radius 2 is 1.90 bits per heavy atom. The Balaban J connectivity index is 1.50. The summed E-state index contributed by atoms with van der Waals surface area (Å²) in [5, 5.41) is 10.9. The molecular weight excluding hydrogens is 398 g/mol. The summed E-state index contributed by atoms with van der Waals surface area (Å²) in [5.41, 5.74) is 1.46. The zero-order valence-corrected chi connectivity index (χ0v) is 15.9. The number of anilines is 1. The molecule has 0 bridgehead atoms. The van der Waals surface area contributed by atoms with Crippen molar-refractivity contribution in [2.75, 3.05) is 11.4 Å². The third kappa shape index (κ3) is 2.55. The van der Waals surface area contributed by atoms with E-state index < -0.39 is 26.8 Å². The highest BCUT2D eigenvalue weighted by Gasteiger charge is 2.49. The monoisotopic (exact) mass is 413 g/mol. The minimum atomic E-state index is -3.95. The summed E-state index contributed by atoms with van der Waals surface area (Å²) in [5.74, 6) is -0.951. The Bertz CT molecular complexity index is 1220. The molecular formula is C19H15N3O6S. The van der Waals surface area contributed by atoms with Crippen molar-refractivity contribution in [3.05, 3.63) is 63.2 Å². The number of benzene rings is 2. The van der Waals surface area contributed by atoms with Crippen LogP contribution in [0.3, 0.4) is 0 Å². The first-order valence-corrected chi connectivity index (χ1v) is 10.5. The second-order valence-corrected chi connectivity index (χ2v) is 9.11. The van der Waals surface area contributed by atoms with E-state index in [2.05, 4.69) is 0 Å². The molecule has 2 aromatic carbocycles.